The van der Waals surface area contributed by atoms with Crippen molar-refractivity contribution in [3.05, 3.63) is 60.2 Å². The van der Waals surface area contributed by atoms with E-state index < -0.39 is 5.79 Å². The molecule has 25 heavy (non-hydrogen) atoms. The molecule has 0 aromatic heterocycles. The summed E-state index contributed by atoms with van der Waals surface area (Å²) >= 11 is 0. The number of β-lactam (4-membered cyclic amide) rings is 1. The van der Waals surface area contributed by atoms with E-state index in [1.165, 1.54) is 0 Å². The van der Waals surface area contributed by atoms with Gasteiger partial charge in [0.15, 0.2) is 0 Å². The summed E-state index contributed by atoms with van der Waals surface area (Å²) in [5.74, 6) is -0.714. The Morgan fingerprint density at radius 3 is 2.08 bits per heavy atom. The van der Waals surface area contributed by atoms with Gasteiger partial charge in [0.1, 0.15) is 11.8 Å². The van der Waals surface area contributed by atoms with Crippen molar-refractivity contribution in [2.24, 2.45) is 0 Å². The Labute approximate surface area is 148 Å². The maximum absolute atomic E-state index is 13.0. The summed E-state index contributed by atoms with van der Waals surface area (Å²) < 4.78 is 16.9. The van der Waals surface area contributed by atoms with Gasteiger partial charge in [-0.25, -0.2) is 0 Å². The number of hydrogen-bond acceptors (Lipinski definition) is 4. The highest BCUT2D eigenvalue weighted by Crippen LogP contribution is 2.49. The van der Waals surface area contributed by atoms with Gasteiger partial charge in [0.25, 0.3) is 11.7 Å². The van der Waals surface area contributed by atoms with Crippen molar-refractivity contribution in [2.45, 2.75) is 25.7 Å². The minimum Gasteiger partial charge on any atom is -0.497 e. The summed E-state index contributed by atoms with van der Waals surface area (Å²) in [5, 5.41) is 0. The zero-order chi connectivity index (χ0) is 17.9. The first-order valence-electron chi connectivity index (χ1n) is 8.48. The van der Waals surface area contributed by atoms with Gasteiger partial charge < -0.3 is 14.2 Å². The highest BCUT2D eigenvalue weighted by molar-refractivity contribution is 6.07. The molecule has 132 valence electrons. The molecule has 2 aromatic rings. The fourth-order valence-electron chi connectivity index (χ4n) is 3.27. The fraction of sp³-hybridized carbons (Fsp3) is 0.350. The molecular weight excluding hydrogens is 318 g/mol. The lowest BCUT2D eigenvalue weighted by atomic mass is 9.86. The van der Waals surface area contributed by atoms with Crippen LogP contribution in [0.25, 0.3) is 0 Å². The maximum Gasteiger partial charge on any atom is 0.290 e. The molecule has 1 amide bonds. The van der Waals surface area contributed by atoms with E-state index in [1.807, 2.05) is 68.4 Å². The highest BCUT2D eigenvalue weighted by atomic mass is 16.7. The van der Waals surface area contributed by atoms with Gasteiger partial charge in [-0.15, -0.1) is 0 Å². The number of carbonyl (C=O) groups is 1. The van der Waals surface area contributed by atoms with Crippen molar-refractivity contribution in [3.8, 4) is 5.75 Å². The topological polar surface area (TPSA) is 48.0 Å². The Morgan fingerprint density at radius 2 is 1.56 bits per heavy atom. The van der Waals surface area contributed by atoms with Gasteiger partial charge >= 0.3 is 0 Å². The van der Waals surface area contributed by atoms with Crippen molar-refractivity contribution >= 4 is 11.6 Å². The number of rotatable bonds is 7. The zero-order valence-corrected chi connectivity index (χ0v) is 14.8. The van der Waals surface area contributed by atoms with E-state index in [9.17, 15) is 4.79 Å². The average molecular weight is 341 g/mol. The molecule has 0 bridgehead atoms. The molecule has 1 saturated heterocycles. The van der Waals surface area contributed by atoms with Crippen LogP contribution >= 0.6 is 0 Å². The van der Waals surface area contributed by atoms with Crippen LogP contribution < -0.4 is 9.64 Å². The number of ether oxygens (including phenoxy) is 3. The highest BCUT2D eigenvalue weighted by Gasteiger charge is 2.64. The van der Waals surface area contributed by atoms with E-state index in [0.717, 1.165) is 17.0 Å². The smallest absolute Gasteiger partial charge is 0.290 e. The Balaban J connectivity index is 2.03. The number of anilines is 1. The van der Waals surface area contributed by atoms with E-state index in [4.69, 9.17) is 14.2 Å². The molecule has 3 rings (SSSR count). The number of carbonyl (C=O) groups excluding carboxylic acids is 1. The van der Waals surface area contributed by atoms with Crippen LogP contribution in [0.15, 0.2) is 54.6 Å². The van der Waals surface area contributed by atoms with Gasteiger partial charge in [-0.3, -0.25) is 9.69 Å². The third-order valence-corrected chi connectivity index (χ3v) is 4.32. The van der Waals surface area contributed by atoms with E-state index in [0.29, 0.717) is 13.2 Å². The van der Waals surface area contributed by atoms with Crippen LogP contribution in [-0.2, 0) is 14.3 Å². The molecule has 0 spiro atoms. The van der Waals surface area contributed by atoms with Crippen LogP contribution in [0, 0.1) is 0 Å². The lowest BCUT2D eigenvalue weighted by Crippen LogP contribution is -2.71. The molecular formula is C20H23NO4. The molecule has 1 heterocycles. The molecule has 0 radical (unpaired) electrons. The normalized spacial score (nSPS) is 18.8. The summed E-state index contributed by atoms with van der Waals surface area (Å²) in [6, 6.07) is 16.9. The van der Waals surface area contributed by atoms with Gasteiger partial charge in [-0.2, -0.15) is 0 Å². The van der Waals surface area contributed by atoms with Crippen molar-refractivity contribution < 1.29 is 19.0 Å². The number of methoxy groups -OCH3 is 1. The lowest BCUT2D eigenvalue weighted by Gasteiger charge is -2.54. The van der Waals surface area contributed by atoms with E-state index in [2.05, 4.69) is 0 Å². The van der Waals surface area contributed by atoms with Crippen molar-refractivity contribution in [1.82, 2.24) is 0 Å². The summed E-state index contributed by atoms with van der Waals surface area (Å²) in [6.07, 6.45) is 0. The zero-order valence-electron chi connectivity index (χ0n) is 14.8. The third-order valence-electron chi connectivity index (χ3n) is 4.32. The SMILES string of the molecule is CCOC1(OCC)C(=O)N(c2ccc(OC)cc2)C1c1ccccc1. The Kier molecular flexibility index (Phi) is 5.06. The van der Waals surface area contributed by atoms with Crippen molar-refractivity contribution in [2.75, 3.05) is 25.2 Å². The number of nitrogens with zero attached hydrogens (tertiary/aromatic N) is 1. The Morgan fingerprint density at radius 1 is 0.960 bits per heavy atom. The Hall–Kier alpha value is -2.37. The van der Waals surface area contributed by atoms with E-state index in [1.54, 1.807) is 12.0 Å². The van der Waals surface area contributed by atoms with Crippen LogP contribution in [0.3, 0.4) is 0 Å². The molecule has 1 unspecified atom stereocenters. The molecule has 5 heteroatoms. The summed E-state index contributed by atoms with van der Waals surface area (Å²) in [4.78, 5) is 14.8. The van der Waals surface area contributed by atoms with Crippen LogP contribution in [0.1, 0.15) is 25.5 Å². The van der Waals surface area contributed by atoms with Crippen LogP contribution in [0.2, 0.25) is 0 Å². The molecule has 0 aliphatic carbocycles. The second-order valence-electron chi connectivity index (χ2n) is 5.72. The number of benzene rings is 2. The monoisotopic (exact) mass is 341 g/mol. The minimum atomic E-state index is -1.27. The van der Waals surface area contributed by atoms with E-state index >= 15 is 0 Å². The Bertz CT molecular complexity index is 708. The predicted molar refractivity (Wildman–Crippen MR) is 95.6 cm³/mol. The number of amides is 1. The van der Waals surface area contributed by atoms with Gasteiger partial charge in [-0.1, -0.05) is 30.3 Å². The van der Waals surface area contributed by atoms with Crippen LogP contribution in [0.5, 0.6) is 5.75 Å². The first-order chi connectivity index (χ1) is 12.2. The average Bonchev–Trinajstić information content (AvgIpc) is 2.66. The molecule has 1 aliphatic rings. The quantitative estimate of drug-likeness (QED) is 0.571. The summed E-state index contributed by atoms with van der Waals surface area (Å²) in [7, 11) is 1.62. The third kappa shape index (κ3) is 2.90. The fourth-order valence-corrected chi connectivity index (χ4v) is 3.27. The molecule has 0 saturated carbocycles. The second kappa shape index (κ2) is 7.25. The minimum absolute atomic E-state index is 0.185. The first-order valence-corrected chi connectivity index (χ1v) is 8.48. The van der Waals surface area contributed by atoms with Crippen LogP contribution in [0.4, 0.5) is 5.69 Å². The molecule has 1 aliphatic heterocycles. The standard InChI is InChI=1S/C20H23NO4/c1-4-24-20(25-5-2)18(15-9-7-6-8-10-15)21(19(20)22)16-11-13-17(23-3)14-12-16/h6-14,18H,4-5H2,1-3H3. The molecule has 0 N–H and O–H groups in total. The molecule has 5 nitrogen and oxygen atoms in total. The lowest BCUT2D eigenvalue weighted by molar-refractivity contribution is -0.258. The summed E-state index contributed by atoms with van der Waals surface area (Å²) in [6.45, 7) is 4.52. The number of hydrogen-bond donors (Lipinski definition) is 0. The molecule has 1 fully saturated rings. The van der Waals surface area contributed by atoms with Gasteiger partial charge in [0.2, 0.25) is 0 Å². The first kappa shape index (κ1) is 17.5. The second-order valence-corrected chi connectivity index (χ2v) is 5.72. The summed E-state index contributed by atoms with van der Waals surface area (Å²) in [5.41, 5.74) is 1.76. The predicted octanol–water partition coefficient (Wildman–Crippen LogP) is 3.55. The van der Waals surface area contributed by atoms with Gasteiger partial charge in [0.05, 0.1) is 7.11 Å². The van der Waals surface area contributed by atoms with Gasteiger partial charge in [-0.05, 0) is 43.7 Å². The van der Waals surface area contributed by atoms with E-state index in [-0.39, 0.29) is 11.9 Å². The van der Waals surface area contributed by atoms with Gasteiger partial charge in [0, 0.05) is 18.9 Å². The molecule has 2 aromatic carbocycles. The maximum atomic E-state index is 13.0. The van der Waals surface area contributed by atoms with Crippen LogP contribution in [-0.4, -0.2) is 32.0 Å². The molecule has 1 atom stereocenters. The largest absolute Gasteiger partial charge is 0.497 e. The van der Waals surface area contributed by atoms with Crippen molar-refractivity contribution in [3.63, 3.8) is 0 Å². The van der Waals surface area contributed by atoms with Crippen molar-refractivity contribution in [1.29, 1.82) is 0 Å².